The zero-order valence-corrected chi connectivity index (χ0v) is 16.2. The highest BCUT2D eigenvalue weighted by atomic mass is 16.4. The van der Waals surface area contributed by atoms with Crippen LogP contribution >= 0.6 is 0 Å². The number of para-hydroxylation sites is 2. The number of aromatic carboxylic acids is 1. The molecule has 6 nitrogen and oxygen atoms in total. The molecule has 150 valence electrons. The van der Waals surface area contributed by atoms with Crippen LogP contribution in [-0.4, -0.2) is 49.8 Å². The van der Waals surface area contributed by atoms with Crippen LogP contribution in [0.1, 0.15) is 34.8 Å². The number of benzene rings is 2. The summed E-state index contributed by atoms with van der Waals surface area (Å²) in [5, 5.41) is 20.1. The van der Waals surface area contributed by atoms with E-state index in [1.807, 2.05) is 36.7 Å². The van der Waals surface area contributed by atoms with Gasteiger partial charge in [0, 0.05) is 19.6 Å². The fraction of sp³-hybridized carbons (Fsp3) is 0.391. The van der Waals surface area contributed by atoms with Gasteiger partial charge in [-0.1, -0.05) is 24.3 Å². The van der Waals surface area contributed by atoms with Crippen molar-refractivity contribution in [3.63, 3.8) is 0 Å². The smallest absolute Gasteiger partial charge is 0.335 e. The van der Waals surface area contributed by atoms with Crippen molar-refractivity contribution in [2.45, 2.75) is 31.5 Å². The lowest BCUT2D eigenvalue weighted by atomic mass is 9.77. The number of aromatic nitrogens is 2. The molecule has 1 aliphatic heterocycles. The Morgan fingerprint density at radius 3 is 2.69 bits per heavy atom. The summed E-state index contributed by atoms with van der Waals surface area (Å²) in [5.74, 6) is 0.131. The lowest BCUT2D eigenvalue weighted by Crippen LogP contribution is -2.36. The minimum absolute atomic E-state index is 0.0546. The first kappa shape index (κ1) is 18.3. The van der Waals surface area contributed by atoms with Crippen molar-refractivity contribution in [3.05, 3.63) is 66.0 Å². The van der Waals surface area contributed by atoms with E-state index in [9.17, 15) is 15.0 Å². The van der Waals surface area contributed by atoms with Crippen LogP contribution in [0.3, 0.4) is 0 Å². The predicted octanol–water partition coefficient (Wildman–Crippen LogP) is 3.18. The summed E-state index contributed by atoms with van der Waals surface area (Å²) in [6.07, 6.45) is 3.23. The van der Waals surface area contributed by atoms with Gasteiger partial charge >= 0.3 is 5.97 Å². The lowest BCUT2D eigenvalue weighted by Gasteiger charge is -2.36. The molecule has 2 aliphatic rings. The Morgan fingerprint density at radius 1 is 1.07 bits per heavy atom. The van der Waals surface area contributed by atoms with Gasteiger partial charge in [-0.3, -0.25) is 4.90 Å². The third-order valence-corrected chi connectivity index (χ3v) is 6.60. The number of fused-ring (bicyclic) bond motifs is 2. The van der Waals surface area contributed by atoms with E-state index in [1.54, 1.807) is 12.1 Å². The molecule has 2 aromatic carbocycles. The number of aliphatic hydroxyl groups excluding tert-OH is 1. The Balaban J connectivity index is 1.31. The van der Waals surface area contributed by atoms with Gasteiger partial charge < -0.3 is 14.8 Å². The third kappa shape index (κ3) is 3.43. The standard InChI is InChI=1S/C23H25N3O3/c27-22-10-18-13-25(11-15-4-3-5-16(8-15)23(28)29)12-17(18)9-21(22)26-14-24-19-6-1-2-7-20(19)26/h1-8,14,17-18,21-22,27H,9-13H2,(H,28,29)/t17-,18+,21-,22-/m1/s1. The molecule has 6 heteroatoms. The fourth-order valence-corrected chi connectivity index (χ4v) is 5.24. The molecule has 0 radical (unpaired) electrons. The highest BCUT2D eigenvalue weighted by Crippen LogP contribution is 2.42. The minimum atomic E-state index is -0.888. The maximum Gasteiger partial charge on any atom is 0.335 e. The molecule has 0 amide bonds. The first-order chi connectivity index (χ1) is 14.1. The second-order valence-corrected chi connectivity index (χ2v) is 8.47. The van der Waals surface area contributed by atoms with E-state index < -0.39 is 5.97 Å². The topological polar surface area (TPSA) is 78.6 Å². The number of carboxylic acids is 1. The van der Waals surface area contributed by atoms with E-state index in [0.717, 1.165) is 49.1 Å². The summed E-state index contributed by atoms with van der Waals surface area (Å²) in [4.78, 5) is 18.1. The number of carboxylic acid groups (broad SMARTS) is 1. The highest BCUT2D eigenvalue weighted by Gasteiger charge is 2.42. The van der Waals surface area contributed by atoms with Crippen LogP contribution in [0.5, 0.6) is 0 Å². The van der Waals surface area contributed by atoms with E-state index in [4.69, 9.17) is 0 Å². The van der Waals surface area contributed by atoms with Gasteiger partial charge in [0.1, 0.15) is 0 Å². The van der Waals surface area contributed by atoms with Gasteiger partial charge in [-0.2, -0.15) is 0 Å². The Bertz CT molecular complexity index is 1050. The van der Waals surface area contributed by atoms with Gasteiger partial charge in [0.25, 0.3) is 0 Å². The van der Waals surface area contributed by atoms with E-state index >= 15 is 0 Å². The molecular formula is C23H25N3O3. The second-order valence-electron chi connectivity index (χ2n) is 8.47. The van der Waals surface area contributed by atoms with Crippen LogP contribution in [0.25, 0.3) is 11.0 Å². The van der Waals surface area contributed by atoms with Crippen molar-refractivity contribution in [1.29, 1.82) is 0 Å². The number of rotatable bonds is 4. The van der Waals surface area contributed by atoms with Gasteiger partial charge in [0.05, 0.1) is 35.1 Å². The predicted molar refractivity (Wildman–Crippen MR) is 110 cm³/mol. The molecule has 29 heavy (non-hydrogen) atoms. The normalized spacial score (nSPS) is 27.2. The molecular weight excluding hydrogens is 366 g/mol. The maximum absolute atomic E-state index is 11.2. The molecule has 2 N–H and O–H groups in total. The van der Waals surface area contributed by atoms with Gasteiger partial charge in [0.2, 0.25) is 0 Å². The molecule has 1 saturated carbocycles. The zero-order valence-electron chi connectivity index (χ0n) is 16.2. The van der Waals surface area contributed by atoms with Crippen molar-refractivity contribution in [1.82, 2.24) is 14.5 Å². The molecule has 2 fully saturated rings. The number of aliphatic hydroxyl groups is 1. The first-order valence-electron chi connectivity index (χ1n) is 10.2. The monoisotopic (exact) mass is 391 g/mol. The second kappa shape index (κ2) is 7.28. The summed E-state index contributed by atoms with van der Waals surface area (Å²) in [6, 6.07) is 15.3. The molecule has 3 aromatic rings. The molecule has 1 aliphatic carbocycles. The molecule has 0 unspecified atom stereocenters. The number of hydrogen-bond donors (Lipinski definition) is 2. The maximum atomic E-state index is 11.2. The van der Waals surface area contributed by atoms with Crippen molar-refractivity contribution >= 4 is 17.0 Å². The van der Waals surface area contributed by atoms with Crippen molar-refractivity contribution in [2.24, 2.45) is 11.8 Å². The van der Waals surface area contributed by atoms with E-state index in [1.165, 1.54) is 0 Å². The van der Waals surface area contributed by atoms with Crippen LogP contribution in [0.2, 0.25) is 0 Å². The summed E-state index contributed by atoms with van der Waals surface area (Å²) in [7, 11) is 0. The van der Waals surface area contributed by atoms with Crippen molar-refractivity contribution < 1.29 is 15.0 Å². The van der Waals surface area contributed by atoms with Crippen LogP contribution in [-0.2, 0) is 6.54 Å². The molecule has 4 atom stereocenters. The summed E-state index contributed by atoms with van der Waals surface area (Å²) < 4.78 is 2.15. The Labute approximate surface area is 169 Å². The summed E-state index contributed by atoms with van der Waals surface area (Å²) in [6.45, 7) is 2.69. The van der Waals surface area contributed by atoms with E-state index in [-0.39, 0.29) is 12.1 Å². The van der Waals surface area contributed by atoms with Crippen molar-refractivity contribution in [3.8, 4) is 0 Å². The molecule has 5 rings (SSSR count). The average molecular weight is 391 g/mol. The quantitative estimate of drug-likeness (QED) is 0.714. The number of imidazole rings is 1. The van der Waals surface area contributed by atoms with Gasteiger partial charge in [-0.15, -0.1) is 0 Å². The number of carbonyl (C=O) groups is 1. The average Bonchev–Trinajstić information content (AvgIpc) is 3.30. The van der Waals surface area contributed by atoms with Crippen LogP contribution in [0, 0.1) is 11.8 Å². The zero-order chi connectivity index (χ0) is 20.0. The molecule has 0 spiro atoms. The largest absolute Gasteiger partial charge is 0.478 e. The van der Waals surface area contributed by atoms with Crippen LogP contribution < -0.4 is 0 Å². The minimum Gasteiger partial charge on any atom is -0.478 e. The summed E-state index contributed by atoms with van der Waals surface area (Å²) >= 11 is 0. The molecule has 2 heterocycles. The molecule has 0 bridgehead atoms. The SMILES string of the molecule is O=C(O)c1cccc(CN2C[C@H]3C[C@@H](n4cnc5ccccc54)[C@H](O)C[C@H]3C2)c1. The Morgan fingerprint density at radius 2 is 1.86 bits per heavy atom. The van der Waals surface area contributed by atoms with Gasteiger partial charge in [-0.25, -0.2) is 9.78 Å². The number of nitrogens with zero attached hydrogens (tertiary/aromatic N) is 3. The van der Waals surface area contributed by atoms with Crippen molar-refractivity contribution in [2.75, 3.05) is 13.1 Å². The third-order valence-electron chi connectivity index (χ3n) is 6.60. The van der Waals surface area contributed by atoms with Crippen LogP contribution in [0.4, 0.5) is 0 Å². The summed E-state index contributed by atoms with van der Waals surface area (Å²) in [5.41, 5.74) is 3.41. The molecule has 1 saturated heterocycles. The Kier molecular flexibility index (Phi) is 4.60. The number of likely N-dealkylation sites (tertiary alicyclic amines) is 1. The Hall–Kier alpha value is -2.70. The fourth-order valence-electron chi connectivity index (χ4n) is 5.24. The van der Waals surface area contributed by atoms with E-state index in [2.05, 4.69) is 20.5 Å². The number of hydrogen-bond acceptors (Lipinski definition) is 4. The van der Waals surface area contributed by atoms with Gasteiger partial charge in [0.15, 0.2) is 0 Å². The van der Waals surface area contributed by atoms with E-state index in [0.29, 0.717) is 17.4 Å². The first-order valence-corrected chi connectivity index (χ1v) is 10.2. The molecule has 1 aromatic heterocycles. The highest BCUT2D eigenvalue weighted by molar-refractivity contribution is 5.87. The lowest BCUT2D eigenvalue weighted by molar-refractivity contribution is 0.0374. The van der Waals surface area contributed by atoms with Crippen LogP contribution in [0.15, 0.2) is 54.9 Å². The van der Waals surface area contributed by atoms with Gasteiger partial charge in [-0.05, 0) is 54.5 Å².